The molecule has 0 bridgehead atoms. The molecule has 276 valence electrons. The van der Waals surface area contributed by atoms with E-state index in [1.54, 1.807) is 9.80 Å². The van der Waals surface area contributed by atoms with Crippen LogP contribution in [0.3, 0.4) is 0 Å². The van der Waals surface area contributed by atoms with Crippen LogP contribution < -0.4 is 27.4 Å². The molecule has 2 heterocycles. The highest BCUT2D eigenvalue weighted by molar-refractivity contribution is 5.96. The van der Waals surface area contributed by atoms with Crippen molar-refractivity contribution >= 4 is 29.6 Å². The largest absolute Gasteiger partial charge is 0.480 e. The summed E-state index contributed by atoms with van der Waals surface area (Å²) >= 11 is 0. The summed E-state index contributed by atoms with van der Waals surface area (Å²) in [5.74, 6) is -2.51. The number of piperidine rings is 1. The highest BCUT2D eigenvalue weighted by Gasteiger charge is 2.47. The molecule has 1 aliphatic carbocycles. The molecular formula is C38H53N7O6. The van der Waals surface area contributed by atoms with Gasteiger partial charge in [0.25, 0.3) is 0 Å². The molecule has 13 heteroatoms. The second-order valence-electron chi connectivity index (χ2n) is 14.5. The maximum atomic E-state index is 14.0. The molecule has 1 unspecified atom stereocenters. The molecule has 0 aromatic heterocycles. The molecule has 2 aliphatic heterocycles. The standard InChI is InChI=1S/C38H53N7O6/c1-26-22-30(34(48)45(26)31(14-8-9-19-39)35(49)44-20-17-38(40,18-21-44)36(50)51)43-33(47)29(23-27-10-4-2-5-11-27)42-32(46)24-41-25-37(15-16-37)28-12-6-3-7-13-28/h2-7,10-13,26,29-31,41H,8-9,14-25,39-40H2,1H3,(H,42,46)(H,43,47)(H,50,51)/t26?,29-,30-,31-/m1/s1. The van der Waals surface area contributed by atoms with E-state index in [4.69, 9.17) is 11.5 Å². The second kappa shape index (κ2) is 16.8. The van der Waals surface area contributed by atoms with Crippen molar-refractivity contribution in [3.8, 4) is 0 Å². The molecule has 0 radical (unpaired) electrons. The van der Waals surface area contributed by atoms with Gasteiger partial charge in [-0.25, -0.2) is 0 Å². The van der Waals surface area contributed by atoms with Gasteiger partial charge >= 0.3 is 5.97 Å². The number of benzene rings is 2. The number of carboxylic acids is 1. The van der Waals surface area contributed by atoms with E-state index < -0.39 is 35.5 Å². The number of hydrogen-bond donors (Lipinski definition) is 6. The minimum Gasteiger partial charge on any atom is -0.480 e. The van der Waals surface area contributed by atoms with Gasteiger partial charge in [0, 0.05) is 37.5 Å². The van der Waals surface area contributed by atoms with E-state index >= 15 is 0 Å². The number of carbonyl (C=O) groups excluding carboxylic acids is 4. The van der Waals surface area contributed by atoms with Crippen LogP contribution in [-0.2, 0) is 35.8 Å². The van der Waals surface area contributed by atoms with Gasteiger partial charge in [-0.15, -0.1) is 0 Å². The first-order valence-corrected chi connectivity index (χ1v) is 18.2. The average Bonchev–Trinajstić information content (AvgIpc) is 3.86. The lowest BCUT2D eigenvalue weighted by atomic mass is 9.88. The molecule has 1 saturated carbocycles. The van der Waals surface area contributed by atoms with Gasteiger partial charge in [-0.3, -0.25) is 24.0 Å². The summed E-state index contributed by atoms with van der Waals surface area (Å²) in [4.78, 5) is 69.8. The topological polar surface area (TPSA) is 200 Å². The summed E-state index contributed by atoms with van der Waals surface area (Å²) in [5, 5.41) is 18.6. The molecule has 13 nitrogen and oxygen atoms in total. The van der Waals surface area contributed by atoms with E-state index in [9.17, 15) is 29.1 Å². The summed E-state index contributed by atoms with van der Waals surface area (Å²) in [6, 6.07) is 16.7. The molecule has 2 aromatic carbocycles. The van der Waals surface area contributed by atoms with Crippen molar-refractivity contribution in [2.24, 2.45) is 11.5 Å². The lowest BCUT2D eigenvalue weighted by Crippen LogP contribution is -2.60. The zero-order valence-electron chi connectivity index (χ0n) is 29.5. The minimum atomic E-state index is -1.39. The van der Waals surface area contributed by atoms with Crippen LogP contribution in [0.4, 0.5) is 0 Å². The predicted molar refractivity (Wildman–Crippen MR) is 192 cm³/mol. The van der Waals surface area contributed by atoms with Crippen molar-refractivity contribution < 1.29 is 29.1 Å². The van der Waals surface area contributed by atoms with Crippen molar-refractivity contribution in [1.29, 1.82) is 0 Å². The Labute approximate surface area is 299 Å². The average molecular weight is 704 g/mol. The molecule has 3 aliphatic rings. The van der Waals surface area contributed by atoms with Crippen LogP contribution in [0.5, 0.6) is 0 Å². The van der Waals surface area contributed by atoms with Crippen molar-refractivity contribution in [3.05, 3.63) is 71.8 Å². The van der Waals surface area contributed by atoms with Crippen LogP contribution in [-0.4, -0.2) is 107 Å². The minimum absolute atomic E-state index is 0.0266. The van der Waals surface area contributed by atoms with Gasteiger partial charge < -0.3 is 42.3 Å². The number of nitrogens with zero attached hydrogens (tertiary/aromatic N) is 2. The van der Waals surface area contributed by atoms with Crippen LogP contribution in [0.25, 0.3) is 0 Å². The molecule has 0 spiro atoms. The Morgan fingerprint density at radius 1 is 0.961 bits per heavy atom. The molecule has 2 saturated heterocycles. The van der Waals surface area contributed by atoms with E-state index in [0.717, 1.165) is 18.4 Å². The normalized spacial score (nSPS) is 21.8. The van der Waals surface area contributed by atoms with Gasteiger partial charge in [-0.1, -0.05) is 60.7 Å². The summed E-state index contributed by atoms with van der Waals surface area (Å²) in [6.07, 6.45) is 4.54. The van der Waals surface area contributed by atoms with E-state index in [2.05, 4.69) is 28.1 Å². The van der Waals surface area contributed by atoms with E-state index in [0.29, 0.717) is 38.8 Å². The number of carboxylic acid groups (broad SMARTS) is 1. The van der Waals surface area contributed by atoms with Gasteiger partial charge in [0.2, 0.25) is 23.6 Å². The maximum Gasteiger partial charge on any atom is 0.323 e. The highest BCUT2D eigenvalue weighted by Crippen LogP contribution is 2.47. The fraction of sp³-hybridized carbons (Fsp3) is 0.553. The van der Waals surface area contributed by atoms with E-state index in [1.807, 2.05) is 55.5 Å². The van der Waals surface area contributed by atoms with Crippen molar-refractivity contribution in [3.63, 3.8) is 0 Å². The Kier molecular flexibility index (Phi) is 12.5. The van der Waals surface area contributed by atoms with Gasteiger partial charge in [0.1, 0.15) is 23.7 Å². The third-order valence-corrected chi connectivity index (χ3v) is 10.8. The summed E-state index contributed by atoms with van der Waals surface area (Å²) in [6.45, 7) is 3.35. The number of rotatable bonds is 17. The number of nitrogens with one attached hydrogen (secondary N) is 3. The molecule has 51 heavy (non-hydrogen) atoms. The fourth-order valence-corrected chi connectivity index (χ4v) is 7.45. The SMILES string of the molecule is CC1C[C@@H](NC(=O)[C@@H](Cc2ccccc2)NC(=O)CNCC2(c3ccccc3)CC2)C(=O)N1[C@H](CCCCN)C(=O)N1CCC(N)(C(=O)O)CC1. The number of amides is 4. The van der Waals surface area contributed by atoms with E-state index in [1.165, 1.54) is 5.56 Å². The Morgan fingerprint density at radius 2 is 1.61 bits per heavy atom. The highest BCUT2D eigenvalue weighted by atomic mass is 16.4. The van der Waals surface area contributed by atoms with Gasteiger partial charge in [-0.05, 0) is 76.0 Å². The zero-order chi connectivity index (χ0) is 36.6. The Hall–Kier alpha value is -4.33. The first-order valence-electron chi connectivity index (χ1n) is 18.2. The predicted octanol–water partition coefficient (Wildman–Crippen LogP) is 1.04. The van der Waals surface area contributed by atoms with E-state index in [-0.39, 0.29) is 68.1 Å². The lowest BCUT2D eigenvalue weighted by Gasteiger charge is -2.40. The maximum absolute atomic E-state index is 14.0. The third-order valence-electron chi connectivity index (χ3n) is 10.8. The van der Waals surface area contributed by atoms with Crippen LogP contribution in [0.15, 0.2) is 60.7 Å². The molecule has 4 atom stereocenters. The summed E-state index contributed by atoms with van der Waals surface area (Å²) in [7, 11) is 0. The van der Waals surface area contributed by atoms with Crippen LogP contribution in [0.2, 0.25) is 0 Å². The first-order chi connectivity index (χ1) is 24.5. The van der Waals surface area contributed by atoms with Crippen LogP contribution >= 0.6 is 0 Å². The van der Waals surface area contributed by atoms with Crippen molar-refractivity contribution in [2.45, 2.75) is 99.8 Å². The molecule has 5 rings (SSSR count). The molecule has 3 fully saturated rings. The molecule has 2 aromatic rings. The van der Waals surface area contributed by atoms with Crippen molar-refractivity contribution in [1.82, 2.24) is 25.8 Å². The van der Waals surface area contributed by atoms with Crippen LogP contribution in [0, 0.1) is 0 Å². The number of aliphatic carboxylic acids is 1. The number of carbonyl (C=O) groups is 5. The fourth-order valence-electron chi connectivity index (χ4n) is 7.45. The van der Waals surface area contributed by atoms with Gasteiger partial charge in [0.15, 0.2) is 0 Å². The quantitative estimate of drug-likeness (QED) is 0.130. The summed E-state index contributed by atoms with van der Waals surface area (Å²) < 4.78 is 0. The number of hydrogen-bond acceptors (Lipinski definition) is 8. The number of likely N-dealkylation sites (tertiary alicyclic amines) is 2. The van der Waals surface area contributed by atoms with Gasteiger partial charge in [-0.2, -0.15) is 0 Å². The Bertz CT molecular complexity index is 1530. The third kappa shape index (κ3) is 9.32. The Morgan fingerprint density at radius 3 is 2.22 bits per heavy atom. The summed E-state index contributed by atoms with van der Waals surface area (Å²) in [5.41, 5.74) is 12.5. The molecule has 8 N–H and O–H groups in total. The first kappa shape index (κ1) is 37.9. The molecular weight excluding hydrogens is 650 g/mol. The monoisotopic (exact) mass is 703 g/mol. The second-order valence-corrected chi connectivity index (χ2v) is 14.5. The smallest absolute Gasteiger partial charge is 0.323 e. The van der Waals surface area contributed by atoms with Gasteiger partial charge in [0.05, 0.1) is 6.54 Å². The lowest BCUT2D eigenvalue weighted by molar-refractivity contribution is -0.151. The van der Waals surface area contributed by atoms with Crippen molar-refractivity contribution in [2.75, 3.05) is 32.7 Å². The molecule has 4 amide bonds. The number of nitrogens with two attached hydrogens (primary N) is 2. The zero-order valence-corrected chi connectivity index (χ0v) is 29.5. The Balaban J connectivity index is 1.23. The van der Waals surface area contributed by atoms with Crippen LogP contribution in [0.1, 0.15) is 69.4 Å². The number of unbranched alkanes of at least 4 members (excludes halogenated alkanes) is 1.